The molecule has 0 heterocycles. The fourth-order valence-electron chi connectivity index (χ4n) is 2.59. The predicted molar refractivity (Wildman–Crippen MR) is 109 cm³/mol. The first kappa shape index (κ1) is 21.3. The van der Waals surface area contributed by atoms with Gasteiger partial charge in [0.05, 0.1) is 24.1 Å². The Hall–Kier alpha value is -1.96. The van der Waals surface area contributed by atoms with Gasteiger partial charge < -0.3 is 10.1 Å². The van der Waals surface area contributed by atoms with Crippen LogP contribution in [0.2, 0.25) is 10.0 Å². The maximum atomic E-state index is 12.8. The SMILES string of the molecule is CCC(C(=O)Nc1ccc(OC)cc1)N(c1cc(Cl)ccc1Cl)S(C)(=O)=O. The van der Waals surface area contributed by atoms with E-state index in [0.29, 0.717) is 16.5 Å². The lowest BCUT2D eigenvalue weighted by Gasteiger charge is -2.30. The molecule has 1 N–H and O–H groups in total. The van der Waals surface area contributed by atoms with Crippen molar-refractivity contribution in [3.05, 3.63) is 52.5 Å². The summed E-state index contributed by atoms with van der Waals surface area (Å²) in [5.74, 6) is 0.160. The summed E-state index contributed by atoms with van der Waals surface area (Å²) in [5, 5.41) is 3.22. The molecule has 9 heteroatoms. The first-order valence-electron chi connectivity index (χ1n) is 8.06. The highest BCUT2D eigenvalue weighted by Gasteiger charge is 2.33. The fraction of sp³-hybridized carbons (Fsp3) is 0.278. The maximum absolute atomic E-state index is 12.8. The van der Waals surface area contributed by atoms with E-state index >= 15 is 0 Å². The van der Waals surface area contributed by atoms with Gasteiger partial charge in [0.15, 0.2) is 0 Å². The number of ether oxygens (including phenoxy) is 1. The Kier molecular flexibility index (Phi) is 6.97. The number of hydrogen-bond donors (Lipinski definition) is 1. The summed E-state index contributed by atoms with van der Waals surface area (Å²) in [5.41, 5.74) is 0.674. The minimum Gasteiger partial charge on any atom is -0.497 e. The van der Waals surface area contributed by atoms with Crippen LogP contribution in [0.5, 0.6) is 5.75 Å². The van der Waals surface area contributed by atoms with E-state index in [2.05, 4.69) is 5.32 Å². The van der Waals surface area contributed by atoms with Crippen LogP contribution in [0.1, 0.15) is 13.3 Å². The van der Waals surface area contributed by atoms with Crippen molar-refractivity contribution in [1.29, 1.82) is 0 Å². The summed E-state index contributed by atoms with van der Waals surface area (Å²) in [4.78, 5) is 12.8. The Morgan fingerprint density at radius 1 is 1.19 bits per heavy atom. The smallest absolute Gasteiger partial charge is 0.248 e. The van der Waals surface area contributed by atoms with Crippen LogP contribution in [0.15, 0.2) is 42.5 Å². The van der Waals surface area contributed by atoms with Gasteiger partial charge in [0.25, 0.3) is 0 Å². The lowest BCUT2D eigenvalue weighted by atomic mass is 10.1. The van der Waals surface area contributed by atoms with Crippen molar-refractivity contribution < 1.29 is 17.9 Å². The molecule has 0 aliphatic rings. The molecule has 1 unspecified atom stereocenters. The first-order valence-corrected chi connectivity index (χ1v) is 10.7. The second-order valence-corrected chi connectivity index (χ2v) is 8.50. The third kappa shape index (κ3) is 5.28. The molecule has 27 heavy (non-hydrogen) atoms. The van der Waals surface area contributed by atoms with E-state index in [1.165, 1.54) is 12.1 Å². The molecule has 0 spiro atoms. The summed E-state index contributed by atoms with van der Waals surface area (Å²) in [7, 11) is -2.27. The number of sulfonamides is 1. The van der Waals surface area contributed by atoms with E-state index in [-0.39, 0.29) is 17.1 Å². The molecule has 2 aromatic rings. The van der Waals surface area contributed by atoms with E-state index in [0.717, 1.165) is 10.6 Å². The molecule has 0 saturated carbocycles. The Bertz CT molecular complexity index is 917. The van der Waals surface area contributed by atoms with Gasteiger partial charge >= 0.3 is 0 Å². The van der Waals surface area contributed by atoms with Crippen LogP contribution in [0.4, 0.5) is 11.4 Å². The van der Waals surface area contributed by atoms with Crippen LogP contribution in [0.3, 0.4) is 0 Å². The van der Waals surface area contributed by atoms with Crippen molar-refractivity contribution in [1.82, 2.24) is 0 Å². The lowest BCUT2D eigenvalue weighted by Crippen LogP contribution is -2.47. The van der Waals surface area contributed by atoms with Crippen molar-refractivity contribution in [2.75, 3.05) is 23.0 Å². The fourth-order valence-corrected chi connectivity index (χ4v) is 4.23. The average Bonchev–Trinajstić information content (AvgIpc) is 2.61. The second kappa shape index (κ2) is 8.82. The molecule has 6 nitrogen and oxygen atoms in total. The van der Waals surface area contributed by atoms with Crippen molar-refractivity contribution >= 4 is 50.5 Å². The highest BCUT2D eigenvalue weighted by molar-refractivity contribution is 7.92. The highest BCUT2D eigenvalue weighted by Crippen LogP contribution is 2.33. The second-order valence-electron chi connectivity index (χ2n) is 5.80. The van der Waals surface area contributed by atoms with Gasteiger partial charge in [-0.2, -0.15) is 0 Å². The molecule has 1 amide bonds. The first-order chi connectivity index (χ1) is 12.7. The third-order valence-corrected chi connectivity index (χ3v) is 5.55. The van der Waals surface area contributed by atoms with Crippen molar-refractivity contribution in [2.24, 2.45) is 0 Å². The number of rotatable bonds is 7. The summed E-state index contributed by atoms with van der Waals surface area (Å²) >= 11 is 12.2. The monoisotopic (exact) mass is 430 g/mol. The van der Waals surface area contributed by atoms with Gasteiger partial charge in [0.1, 0.15) is 11.8 Å². The third-order valence-electron chi connectivity index (χ3n) is 3.83. The van der Waals surface area contributed by atoms with Gasteiger partial charge in [0, 0.05) is 10.7 Å². The van der Waals surface area contributed by atoms with Crippen LogP contribution in [0.25, 0.3) is 0 Å². The van der Waals surface area contributed by atoms with E-state index in [9.17, 15) is 13.2 Å². The Morgan fingerprint density at radius 2 is 1.81 bits per heavy atom. The van der Waals surface area contributed by atoms with Gasteiger partial charge in [-0.1, -0.05) is 30.1 Å². The molecular formula is C18H20Cl2N2O4S. The van der Waals surface area contributed by atoms with E-state index in [1.807, 2.05) is 0 Å². The number of amides is 1. The zero-order valence-electron chi connectivity index (χ0n) is 15.1. The Labute approximate surface area is 169 Å². The number of carbonyl (C=O) groups is 1. The molecule has 146 valence electrons. The topological polar surface area (TPSA) is 75.7 Å². The number of methoxy groups -OCH3 is 1. The average molecular weight is 431 g/mol. The zero-order valence-corrected chi connectivity index (χ0v) is 17.4. The summed E-state index contributed by atoms with van der Waals surface area (Å²) in [6, 6.07) is 10.2. The van der Waals surface area contributed by atoms with Gasteiger partial charge in [-0.25, -0.2) is 8.42 Å². The zero-order chi connectivity index (χ0) is 20.2. The van der Waals surface area contributed by atoms with Crippen molar-refractivity contribution in [3.8, 4) is 5.75 Å². The quantitative estimate of drug-likeness (QED) is 0.714. The van der Waals surface area contributed by atoms with E-state index < -0.39 is 22.0 Å². The number of anilines is 2. The summed E-state index contributed by atoms with van der Waals surface area (Å²) in [6.45, 7) is 1.72. The molecule has 0 radical (unpaired) electrons. The van der Waals surface area contributed by atoms with Crippen LogP contribution < -0.4 is 14.4 Å². The molecule has 0 fully saturated rings. The number of nitrogens with one attached hydrogen (secondary N) is 1. The predicted octanol–water partition coefficient (Wildman–Crippen LogP) is 4.19. The maximum Gasteiger partial charge on any atom is 0.248 e. The molecular weight excluding hydrogens is 411 g/mol. The minimum atomic E-state index is -3.81. The number of nitrogens with zero attached hydrogens (tertiary/aromatic N) is 1. The summed E-state index contributed by atoms with van der Waals surface area (Å²) < 4.78 is 31.0. The molecule has 0 aliphatic carbocycles. The van der Waals surface area contributed by atoms with Gasteiger partial charge in [-0.15, -0.1) is 0 Å². The van der Waals surface area contributed by atoms with E-state index in [4.69, 9.17) is 27.9 Å². The van der Waals surface area contributed by atoms with Crippen LogP contribution >= 0.6 is 23.2 Å². The molecule has 2 rings (SSSR count). The number of hydrogen-bond acceptors (Lipinski definition) is 4. The largest absolute Gasteiger partial charge is 0.497 e. The highest BCUT2D eigenvalue weighted by atomic mass is 35.5. The van der Waals surface area contributed by atoms with Gasteiger partial charge in [0.2, 0.25) is 15.9 Å². The Morgan fingerprint density at radius 3 is 2.33 bits per heavy atom. The molecule has 0 saturated heterocycles. The number of carbonyl (C=O) groups excluding carboxylic acids is 1. The number of halogens is 2. The molecule has 2 aromatic carbocycles. The normalized spacial score (nSPS) is 12.3. The number of benzene rings is 2. The van der Waals surface area contributed by atoms with Crippen LogP contribution in [0, 0.1) is 0 Å². The van der Waals surface area contributed by atoms with E-state index in [1.54, 1.807) is 44.4 Å². The molecule has 0 aromatic heterocycles. The van der Waals surface area contributed by atoms with Crippen LogP contribution in [-0.4, -0.2) is 33.7 Å². The van der Waals surface area contributed by atoms with Crippen LogP contribution in [-0.2, 0) is 14.8 Å². The standard InChI is InChI=1S/C18H20Cl2N2O4S/c1-4-16(18(23)21-13-6-8-14(26-2)9-7-13)22(27(3,24)25)17-11-12(19)5-10-15(17)20/h5-11,16H,4H2,1-3H3,(H,21,23). The minimum absolute atomic E-state index is 0.156. The van der Waals surface area contributed by atoms with Crippen molar-refractivity contribution in [2.45, 2.75) is 19.4 Å². The van der Waals surface area contributed by atoms with Gasteiger partial charge in [-0.05, 0) is 48.9 Å². The van der Waals surface area contributed by atoms with Gasteiger partial charge in [-0.3, -0.25) is 9.10 Å². The van der Waals surface area contributed by atoms with Crippen molar-refractivity contribution in [3.63, 3.8) is 0 Å². The summed E-state index contributed by atoms with van der Waals surface area (Å²) in [6.07, 6.45) is 1.26. The molecule has 0 aliphatic heterocycles. The molecule has 1 atom stereocenters. The lowest BCUT2D eigenvalue weighted by molar-refractivity contribution is -0.117. The molecule has 0 bridgehead atoms. The Balaban J connectivity index is 2.39.